The summed E-state index contributed by atoms with van der Waals surface area (Å²) in [6, 6.07) is 8.07. The van der Waals surface area contributed by atoms with Gasteiger partial charge in [0, 0.05) is 6.61 Å². The van der Waals surface area contributed by atoms with Gasteiger partial charge in [-0.3, -0.25) is 0 Å². The largest absolute Gasteiger partial charge is 0.491 e. The van der Waals surface area contributed by atoms with Gasteiger partial charge in [0.1, 0.15) is 12.4 Å². The molecular weight excluding hydrogens is 276 g/mol. The first kappa shape index (κ1) is 19.0. The van der Waals surface area contributed by atoms with Crippen LogP contribution in [-0.4, -0.2) is 33.0 Å². The number of ether oxygens (including phenoxy) is 3. The number of unbranched alkanes of at least 4 members (excludes halogenated alkanes) is 5. The van der Waals surface area contributed by atoms with Crippen molar-refractivity contribution in [3.05, 3.63) is 29.8 Å². The number of aryl methyl sites for hydroxylation is 1. The zero-order valence-corrected chi connectivity index (χ0v) is 14.3. The first-order valence-electron chi connectivity index (χ1n) is 8.68. The van der Waals surface area contributed by atoms with E-state index in [0.717, 1.165) is 12.4 Å². The van der Waals surface area contributed by atoms with Gasteiger partial charge in [0.25, 0.3) is 0 Å². The van der Waals surface area contributed by atoms with Crippen LogP contribution in [0.1, 0.15) is 51.0 Å². The third-order valence-electron chi connectivity index (χ3n) is 3.53. The van der Waals surface area contributed by atoms with Gasteiger partial charge >= 0.3 is 0 Å². The highest BCUT2D eigenvalue weighted by Crippen LogP contribution is 2.10. The van der Waals surface area contributed by atoms with Crippen molar-refractivity contribution in [2.75, 3.05) is 33.0 Å². The van der Waals surface area contributed by atoms with Crippen molar-refractivity contribution in [3.8, 4) is 5.75 Å². The third kappa shape index (κ3) is 10.6. The van der Waals surface area contributed by atoms with E-state index in [2.05, 4.69) is 13.8 Å². The topological polar surface area (TPSA) is 27.7 Å². The second-order valence-corrected chi connectivity index (χ2v) is 5.65. The van der Waals surface area contributed by atoms with Gasteiger partial charge < -0.3 is 14.2 Å². The van der Waals surface area contributed by atoms with E-state index in [9.17, 15) is 0 Å². The quantitative estimate of drug-likeness (QED) is 0.463. The predicted octanol–water partition coefficient (Wildman–Crippen LogP) is 4.77. The van der Waals surface area contributed by atoms with Crippen LogP contribution in [0.2, 0.25) is 0 Å². The smallest absolute Gasteiger partial charge is 0.119 e. The summed E-state index contributed by atoms with van der Waals surface area (Å²) in [5.41, 5.74) is 1.24. The average Bonchev–Trinajstić information content (AvgIpc) is 2.53. The summed E-state index contributed by atoms with van der Waals surface area (Å²) in [4.78, 5) is 0. The van der Waals surface area contributed by atoms with Crippen LogP contribution >= 0.6 is 0 Å². The fourth-order valence-corrected chi connectivity index (χ4v) is 2.16. The van der Waals surface area contributed by atoms with Crippen molar-refractivity contribution < 1.29 is 14.2 Å². The van der Waals surface area contributed by atoms with Crippen LogP contribution in [0.5, 0.6) is 5.75 Å². The summed E-state index contributed by atoms with van der Waals surface area (Å²) >= 11 is 0. The fraction of sp³-hybridized carbons (Fsp3) is 0.684. The van der Waals surface area contributed by atoms with Crippen molar-refractivity contribution in [2.45, 2.75) is 52.4 Å². The maximum atomic E-state index is 5.59. The molecule has 0 saturated carbocycles. The van der Waals surface area contributed by atoms with Gasteiger partial charge in [0.2, 0.25) is 0 Å². The van der Waals surface area contributed by atoms with Crippen LogP contribution in [0.25, 0.3) is 0 Å². The Labute approximate surface area is 136 Å². The van der Waals surface area contributed by atoms with E-state index in [1.807, 2.05) is 24.3 Å². The molecule has 0 atom stereocenters. The molecule has 22 heavy (non-hydrogen) atoms. The van der Waals surface area contributed by atoms with E-state index in [4.69, 9.17) is 14.2 Å². The number of hydrogen-bond donors (Lipinski definition) is 0. The lowest BCUT2D eigenvalue weighted by Crippen LogP contribution is -2.11. The highest BCUT2D eigenvalue weighted by Gasteiger charge is 1.95. The summed E-state index contributed by atoms with van der Waals surface area (Å²) in [5.74, 6) is 0.897. The Balaban J connectivity index is 1.79. The first-order chi connectivity index (χ1) is 10.8. The zero-order chi connectivity index (χ0) is 15.9. The molecule has 126 valence electrons. The fourth-order valence-electron chi connectivity index (χ4n) is 2.16. The summed E-state index contributed by atoms with van der Waals surface area (Å²) in [6.45, 7) is 7.68. The molecule has 0 heterocycles. The Morgan fingerprint density at radius 1 is 0.682 bits per heavy atom. The van der Waals surface area contributed by atoms with E-state index in [1.54, 1.807) is 0 Å². The Kier molecular flexibility index (Phi) is 11.7. The minimum Gasteiger partial charge on any atom is -0.491 e. The molecule has 0 amide bonds. The van der Waals surface area contributed by atoms with Crippen molar-refractivity contribution in [1.82, 2.24) is 0 Å². The minimum atomic E-state index is 0.584. The average molecular weight is 308 g/mol. The standard InChI is InChI=1S/C19H32O3/c1-3-4-5-6-7-8-13-20-14-15-21-16-17-22-19-11-9-18(2)10-12-19/h9-12H,3-8,13-17H2,1-2H3. The molecule has 0 aromatic heterocycles. The van der Waals surface area contributed by atoms with Gasteiger partial charge in [0.15, 0.2) is 0 Å². The zero-order valence-electron chi connectivity index (χ0n) is 14.3. The highest BCUT2D eigenvalue weighted by molar-refractivity contribution is 5.26. The lowest BCUT2D eigenvalue weighted by molar-refractivity contribution is 0.0352. The number of hydrogen-bond acceptors (Lipinski definition) is 3. The van der Waals surface area contributed by atoms with Gasteiger partial charge in [-0.15, -0.1) is 0 Å². The Hall–Kier alpha value is -1.06. The summed E-state index contributed by atoms with van der Waals surface area (Å²) < 4.78 is 16.6. The summed E-state index contributed by atoms with van der Waals surface area (Å²) in [6.07, 6.45) is 7.82. The third-order valence-corrected chi connectivity index (χ3v) is 3.53. The molecule has 3 heteroatoms. The van der Waals surface area contributed by atoms with Crippen molar-refractivity contribution in [1.29, 1.82) is 0 Å². The molecule has 1 aromatic carbocycles. The molecule has 0 aliphatic rings. The molecule has 0 aliphatic carbocycles. The van der Waals surface area contributed by atoms with Gasteiger partial charge in [-0.05, 0) is 25.5 Å². The van der Waals surface area contributed by atoms with E-state index in [0.29, 0.717) is 26.4 Å². The van der Waals surface area contributed by atoms with Crippen LogP contribution < -0.4 is 4.74 Å². The molecule has 0 saturated heterocycles. The van der Waals surface area contributed by atoms with Crippen LogP contribution in [0.3, 0.4) is 0 Å². The van der Waals surface area contributed by atoms with Crippen LogP contribution in [0, 0.1) is 6.92 Å². The van der Waals surface area contributed by atoms with Gasteiger partial charge in [-0.2, -0.15) is 0 Å². The molecule has 3 nitrogen and oxygen atoms in total. The Morgan fingerprint density at radius 2 is 1.27 bits per heavy atom. The molecule has 1 rings (SSSR count). The molecular formula is C19H32O3. The van der Waals surface area contributed by atoms with Crippen molar-refractivity contribution >= 4 is 0 Å². The predicted molar refractivity (Wildman–Crippen MR) is 91.7 cm³/mol. The van der Waals surface area contributed by atoms with E-state index in [1.165, 1.54) is 44.1 Å². The monoisotopic (exact) mass is 308 g/mol. The van der Waals surface area contributed by atoms with Crippen LogP contribution in [0.4, 0.5) is 0 Å². The molecule has 0 aliphatic heterocycles. The molecule has 0 N–H and O–H groups in total. The van der Waals surface area contributed by atoms with E-state index >= 15 is 0 Å². The molecule has 0 spiro atoms. The second kappa shape index (κ2) is 13.6. The van der Waals surface area contributed by atoms with Crippen LogP contribution in [-0.2, 0) is 9.47 Å². The SMILES string of the molecule is CCCCCCCCOCCOCCOc1ccc(C)cc1. The summed E-state index contributed by atoms with van der Waals surface area (Å²) in [5, 5.41) is 0. The van der Waals surface area contributed by atoms with Crippen molar-refractivity contribution in [3.63, 3.8) is 0 Å². The van der Waals surface area contributed by atoms with E-state index in [-0.39, 0.29) is 0 Å². The maximum absolute atomic E-state index is 5.59. The van der Waals surface area contributed by atoms with Gasteiger partial charge in [-0.25, -0.2) is 0 Å². The lowest BCUT2D eigenvalue weighted by atomic mass is 10.1. The second-order valence-electron chi connectivity index (χ2n) is 5.65. The lowest BCUT2D eigenvalue weighted by Gasteiger charge is -2.08. The normalized spacial score (nSPS) is 10.8. The first-order valence-corrected chi connectivity index (χ1v) is 8.68. The maximum Gasteiger partial charge on any atom is 0.119 e. The molecule has 0 bridgehead atoms. The Bertz CT molecular complexity index is 348. The summed E-state index contributed by atoms with van der Waals surface area (Å²) in [7, 11) is 0. The van der Waals surface area contributed by atoms with Gasteiger partial charge in [-0.1, -0.05) is 56.7 Å². The molecule has 0 unspecified atom stereocenters. The van der Waals surface area contributed by atoms with E-state index < -0.39 is 0 Å². The van der Waals surface area contributed by atoms with Crippen molar-refractivity contribution in [2.24, 2.45) is 0 Å². The minimum absolute atomic E-state index is 0.584. The number of rotatable bonds is 14. The Morgan fingerprint density at radius 3 is 2.00 bits per heavy atom. The molecule has 1 aromatic rings. The molecule has 0 fully saturated rings. The van der Waals surface area contributed by atoms with Gasteiger partial charge in [0.05, 0.1) is 19.8 Å². The molecule has 0 radical (unpaired) electrons. The number of benzene rings is 1. The highest BCUT2D eigenvalue weighted by atomic mass is 16.5. The van der Waals surface area contributed by atoms with Crippen LogP contribution in [0.15, 0.2) is 24.3 Å².